The first-order valence-electron chi connectivity index (χ1n) is 6.10. The smallest absolute Gasteiger partial charge is 0.237 e. The Morgan fingerprint density at radius 2 is 2.44 bits per heavy atom. The molecule has 0 aliphatic carbocycles. The molecule has 2 saturated heterocycles. The molecule has 2 fully saturated rings. The van der Waals surface area contributed by atoms with E-state index in [2.05, 4.69) is 11.4 Å². The van der Waals surface area contributed by atoms with E-state index in [1.807, 2.05) is 6.92 Å². The maximum atomic E-state index is 11.8. The molecule has 4 atom stereocenters. The van der Waals surface area contributed by atoms with E-state index in [0.717, 1.165) is 25.7 Å². The lowest BCUT2D eigenvalue weighted by Gasteiger charge is -2.21. The minimum Gasteiger partial charge on any atom is -0.373 e. The number of carbonyl (C=O) groups is 1. The van der Waals surface area contributed by atoms with Crippen molar-refractivity contribution in [2.24, 2.45) is 5.92 Å². The molecular weight excluding hydrogens is 204 g/mol. The van der Waals surface area contributed by atoms with Crippen LogP contribution >= 0.6 is 0 Å². The summed E-state index contributed by atoms with van der Waals surface area (Å²) in [6, 6.07) is 2.21. The van der Waals surface area contributed by atoms with Crippen LogP contribution in [0.4, 0.5) is 0 Å². The molecule has 0 radical (unpaired) electrons. The Kier molecular flexibility index (Phi) is 3.45. The van der Waals surface area contributed by atoms with Gasteiger partial charge in [0.2, 0.25) is 5.91 Å². The van der Waals surface area contributed by atoms with Gasteiger partial charge < -0.3 is 10.1 Å². The van der Waals surface area contributed by atoms with Gasteiger partial charge in [0, 0.05) is 0 Å². The molecule has 1 amide bonds. The van der Waals surface area contributed by atoms with Crippen LogP contribution in [0, 0.1) is 17.2 Å². The van der Waals surface area contributed by atoms with Gasteiger partial charge in [0.25, 0.3) is 0 Å². The maximum absolute atomic E-state index is 11.8. The van der Waals surface area contributed by atoms with Crippen LogP contribution in [0.15, 0.2) is 0 Å². The Hall–Kier alpha value is -1.08. The van der Waals surface area contributed by atoms with E-state index in [0.29, 0.717) is 12.5 Å². The molecule has 0 aromatic heterocycles. The Balaban J connectivity index is 1.85. The Bertz CT molecular complexity index is 311. The molecule has 0 spiro atoms. The SMILES string of the molecule is CCCC(C#N)C(=O)NC1CC2CCC1O2. The Labute approximate surface area is 96.0 Å². The average molecular weight is 222 g/mol. The normalized spacial score (nSPS) is 33.4. The van der Waals surface area contributed by atoms with E-state index >= 15 is 0 Å². The second kappa shape index (κ2) is 4.84. The zero-order valence-corrected chi connectivity index (χ0v) is 9.61. The lowest BCUT2D eigenvalue weighted by molar-refractivity contribution is -0.124. The first-order chi connectivity index (χ1) is 7.74. The molecule has 4 nitrogen and oxygen atoms in total. The number of hydrogen-bond acceptors (Lipinski definition) is 3. The molecule has 2 aliphatic heterocycles. The van der Waals surface area contributed by atoms with Crippen LogP contribution in [0.5, 0.6) is 0 Å². The number of ether oxygens (including phenoxy) is 1. The fourth-order valence-corrected chi connectivity index (χ4v) is 2.62. The topological polar surface area (TPSA) is 62.1 Å². The number of rotatable bonds is 4. The van der Waals surface area contributed by atoms with Crippen molar-refractivity contribution in [1.29, 1.82) is 5.26 Å². The number of fused-ring (bicyclic) bond motifs is 2. The first-order valence-corrected chi connectivity index (χ1v) is 6.10. The molecule has 0 aromatic rings. The number of carbonyl (C=O) groups excluding carboxylic acids is 1. The van der Waals surface area contributed by atoms with Gasteiger partial charge >= 0.3 is 0 Å². The average Bonchev–Trinajstić information content (AvgIpc) is 2.87. The molecule has 16 heavy (non-hydrogen) atoms. The Morgan fingerprint density at radius 1 is 1.62 bits per heavy atom. The third-order valence-electron chi connectivity index (χ3n) is 3.48. The molecular formula is C12H18N2O2. The number of hydrogen-bond donors (Lipinski definition) is 1. The summed E-state index contributed by atoms with van der Waals surface area (Å²) in [6.07, 6.45) is 5.11. The fourth-order valence-electron chi connectivity index (χ4n) is 2.62. The molecule has 1 N–H and O–H groups in total. The van der Waals surface area contributed by atoms with Crippen molar-refractivity contribution < 1.29 is 9.53 Å². The van der Waals surface area contributed by atoms with Gasteiger partial charge in [-0.05, 0) is 25.7 Å². The molecule has 2 aliphatic rings. The predicted octanol–water partition coefficient (Wildman–Crippen LogP) is 1.36. The fraction of sp³-hybridized carbons (Fsp3) is 0.833. The molecule has 4 heteroatoms. The number of nitriles is 1. The van der Waals surface area contributed by atoms with Crippen molar-refractivity contribution in [1.82, 2.24) is 5.32 Å². The van der Waals surface area contributed by atoms with Crippen molar-refractivity contribution in [2.45, 2.75) is 57.3 Å². The monoisotopic (exact) mass is 222 g/mol. The van der Waals surface area contributed by atoms with Crippen molar-refractivity contribution in [3.05, 3.63) is 0 Å². The summed E-state index contributed by atoms with van der Waals surface area (Å²) in [5, 5.41) is 11.9. The first kappa shape index (κ1) is 11.4. The summed E-state index contributed by atoms with van der Waals surface area (Å²) >= 11 is 0. The van der Waals surface area contributed by atoms with E-state index in [9.17, 15) is 4.79 Å². The molecule has 2 rings (SSSR count). The Morgan fingerprint density at radius 3 is 2.94 bits per heavy atom. The maximum Gasteiger partial charge on any atom is 0.237 e. The zero-order valence-electron chi connectivity index (χ0n) is 9.61. The molecule has 2 heterocycles. The zero-order chi connectivity index (χ0) is 11.5. The summed E-state index contributed by atoms with van der Waals surface area (Å²) < 4.78 is 5.66. The lowest BCUT2D eigenvalue weighted by atomic mass is 9.94. The third kappa shape index (κ3) is 2.19. The van der Waals surface area contributed by atoms with Crippen LogP contribution in [0.3, 0.4) is 0 Å². The number of nitrogens with one attached hydrogen (secondary N) is 1. The number of amides is 1. The molecule has 0 aromatic carbocycles. The van der Waals surface area contributed by atoms with Gasteiger partial charge in [-0.1, -0.05) is 13.3 Å². The molecule has 0 saturated carbocycles. The minimum atomic E-state index is -0.496. The van der Waals surface area contributed by atoms with Crippen molar-refractivity contribution >= 4 is 5.91 Å². The highest BCUT2D eigenvalue weighted by Gasteiger charge is 2.41. The van der Waals surface area contributed by atoms with Crippen LogP contribution in [-0.2, 0) is 9.53 Å². The van der Waals surface area contributed by atoms with Gasteiger partial charge in [0.15, 0.2) is 0 Å². The number of nitrogens with zero attached hydrogens (tertiary/aromatic N) is 1. The van der Waals surface area contributed by atoms with Gasteiger partial charge in [-0.3, -0.25) is 4.79 Å². The largest absolute Gasteiger partial charge is 0.373 e. The second-order valence-corrected chi connectivity index (χ2v) is 4.70. The predicted molar refractivity (Wildman–Crippen MR) is 58.5 cm³/mol. The highest BCUT2D eigenvalue weighted by atomic mass is 16.5. The van der Waals surface area contributed by atoms with E-state index in [1.54, 1.807) is 0 Å². The lowest BCUT2D eigenvalue weighted by Crippen LogP contribution is -2.43. The molecule has 2 bridgehead atoms. The second-order valence-electron chi connectivity index (χ2n) is 4.70. The van der Waals surface area contributed by atoms with Gasteiger partial charge in [-0.2, -0.15) is 5.26 Å². The highest BCUT2D eigenvalue weighted by Crippen LogP contribution is 2.34. The third-order valence-corrected chi connectivity index (χ3v) is 3.48. The van der Waals surface area contributed by atoms with Crippen LogP contribution in [0.25, 0.3) is 0 Å². The van der Waals surface area contributed by atoms with Crippen molar-refractivity contribution in [3.63, 3.8) is 0 Å². The van der Waals surface area contributed by atoms with Gasteiger partial charge in [0.1, 0.15) is 5.92 Å². The van der Waals surface area contributed by atoms with E-state index < -0.39 is 5.92 Å². The molecule has 4 unspecified atom stereocenters. The quantitative estimate of drug-likeness (QED) is 0.781. The van der Waals surface area contributed by atoms with E-state index in [-0.39, 0.29) is 18.1 Å². The van der Waals surface area contributed by atoms with E-state index in [1.165, 1.54) is 0 Å². The summed E-state index contributed by atoms with van der Waals surface area (Å²) in [5.74, 6) is -0.616. The van der Waals surface area contributed by atoms with E-state index in [4.69, 9.17) is 10.00 Å². The van der Waals surface area contributed by atoms with Crippen molar-refractivity contribution in [2.75, 3.05) is 0 Å². The van der Waals surface area contributed by atoms with Gasteiger partial charge in [0.05, 0.1) is 24.3 Å². The van der Waals surface area contributed by atoms with Crippen LogP contribution in [0.2, 0.25) is 0 Å². The van der Waals surface area contributed by atoms with Crippen molar-refractivity contribution in [3.8, 4) is 6.07 Å². The summed E-state index contributed by atoms with van der Waals surface area (Å²) in [7, 11) is 0. The minimum absolute atomic E-state index is 0.120. The summed E-state index contributed by atoms with van der Waals surface area (Å²) in [6.45, 7) is 1.98. The van der Waals surface area contributed by atoms with Gasteiger partial charge in [-0.25, -0.2) is 0 Å². The van der Waals surface area contributed by atoms with Crippen LogP contribution in [-0.4, -0.2) is 24.2 Å². The molecule has 88 valence electrons. The highest BCUT2D eigenvalue weighted by molar-refractivity contribution is 5.81. The summed E-state index contributed by atoms with van der Waals surface area (Å²) in [4.78, 5) is 11.8. The standard InChI is InChI=1S/C12H18N2O2/c1-2-3-8(7-13)12(15)14-10-6-9-4-5-11(10)16-9/h8-11H,2-6H2,1H3,(H,14,15). The van der Waals surface area contributed by atoms with Crippen LogP contribution in [0.1, 0.15) is 39.0 Å². The summed E-state index contributed by atoms with van der Waals surface area (Å²) in [5.41, 5.74) is 0. The van der Waals surface area contributed by atoms with Gasteiger partial charge in [-0.15, -0.1) is 0 Å². The van der Waals surface area contributed by atoms with Crippen LogP contribution < -0.4 is 5.32 Å².